The normalized spacial score (nSPS) is 13.7. The monoisotopic (exact) mass is 566 g/mol. The van der Waals surface area contributed by atoms with Crippen LogP contribution in [0.3, 0.4) is 0 Å². The van der Waals surface area contributed by atoms with Crippen molar-refractivity contribution in [3.05, 3.63) is 75.6 Å². The number of nitrogens with zero attached hydrogens (tertiary/aromatic N) is 4. The standard InChI is InChI=1S/C30H39FN6O2S/c1-9-37(13-12-33-20(3)18-34-22(5)32-6)29-17-25-24(14-19(2)15-26(25)30(38)36(29)7)21(4)35-27-11-10-23(31)16-28(27)40(8)39/h10-11,14-18,21,33,35H,6,9,12-13H2,1-5,7-8H3/b20-18+,34-22?/t21-,40?/m1/s1. The van der Waals surface area contributed by atoms with Gasteiger partial charge in [0.25, 0.3) is 5.56 Å². The van der Waals surface area contributed by atoms with E-state index in [1.165, 1.54) is 18.4 Å². The molecule has 2 atom stereocenters. The van der Waals surface area contributed by atoms with Gasteiger partial charge in [0.2, 0.25) is 0 Å². The summed E-state index contributed by atoms with van der Waals surface area (Å²) >= 11 is 0. The van der Waals surface area contributed by atoms with Crippen LogP contribution in [-0.2, 0) is 17.8 Å². The second-order valence-corrected chi connectivity index (χ2v) is 11.1. The van der Waals surface area contributed by atoms with Crippen LogP contribution in [0.5, 0.6) is 0 Å². The zero-order valence-electron chi connectivity index (χ0n) is 24.3. The minimum atomic E-state index is -1.37. The number of rotatable bonds is 11. The number of amidine groups is 1. The maximum absolute atomic E-state index is 13.9. The number of aryl methyl sites for hydroxylation is 1. The maximum Gasteiger partial charge on any atom is 0.259 e. The molecule has 2 N–H and O–H groups in total. The summed E-state index contributed by atoms with van der Waals surface area (Å²) in [5.41, 5.74) is 3.32. The summed E-state index contributed by atoms with van der Waals surface area (Å²) in [4.78, 5) is 24.1. The smallest absolute Gasteiger partial charge is 0.259 e. The van der Waals surface area contributed by atoms with Crippen molar-refractivity contribution in [2.45, 2.75) is 45.6 Å². The fraction of sp³-hybridized carbons (Fsp3) is 0.367. The molecule has 0 saturated heterocycles. The fourth-order valence-electron chi connectivity index (χ4n) is 4.60. The molecule has 0 aliphatic rings. The summed E-state index contributed by atoms with van der Waals surface area (Å²) < 4.78 is 27.8. The van der Waals surface area contributed by atoms with Crippen LogP contribution in [0.4, 0.5) is 15.9 Å². The highest BCUT2D eigenvalue weighted by atomic mass is 32.2. The number of hydrogen-bond acceptors (Lipinski definition) is 6. The maximum atomic E-state index is 13.9. The third kappa shape index (κ3) is 7.24. The van der Waals surface area contributed by atoms with E-state index < -0.39 is 16.6 Å². The number of fused-ring (bicyclic) bond motifs is 1. The Kier molecular flexibility index (Phi) is 10.4. The van der Waals surface area contributed by atoms with Crippen LogP contribution in [0.2, 0.25) is 0 Å². The number of allylic oxidation sites excluding steroid dienone is 1. The van der Waals surface area contributed by atoms with Gasteiger partial charge in [0.05, 0.1) is 21.4 Å². The van der Waals surface area contributed by atoms with Crippen molar-refractivity contribution < 1.29 is 8.60 Å². The van der Waals surface area contributed by atoms with E-state index >= 15 is 0 Å². The average molecular weight is 567 g/mol. The largest absolute Gasteiger partial charge is 0.386 e. The van der Waals surface area contributed by atoms with E-state index in [9.17, 15) is 13.4 Å². The number of anilines is 2. The quantitative estimate of drug-likeness (QED) is 0.243. The van der Waals surface area contributed by atoms with Gasteiger partial charge in [-0.05, 0) is 88.2 Å². The summed E-state index contributed by atoms with van der Waals surface area (Å²) in [6.45, 7) is 15.2. The minimum absolute atomic E-state index is 0.0778. The first-order chi connectivity index (χ1) is 19.0. The molecule has 0 saturated carbocycles. The molecule has 0 amide bonds. The lowest BCUT2D eigenvalue weighted by atomic mass is 9.97. The molecule has 1 aromatic heterocycles. The number of likely N-dealkylation sites (N-methyl/N-ethyl adjacent to an activating group) is 1. The van der Waals surface area contributed by atoms with E-state index in [4.69, 9.17) is 0 Å². The number of hydrogen-bond donors (Lipinski definition) is 2. The van der Waals surface area contributed by atoms with Crippen LogP contribution in [0.15, 0.2) is 68.0 Å². The highest BCUT2D eigenvalue weighted by Gasteiger charge is 2.19. The first-order valence-corrected chi connectivity index (χ1v) is 14.7. The lowest BCUT2D eigenvalue weighted by Gasteiger charge is -2.27. The molecule has 0 fully saturated rings. The van der Waals surface area contributed by atoms with E-state index in [0.717, 1.165) is 28.0 Å². The van der Waals surface area contributed by atoms with Crippen LogP contribution in [0.25, 0.3) is 10.8 Å². The lowest BCUT2D eigenvalue weighted by Crippen LogP contribution is -2.35. The summed E-state index contributed by atoms with van der Waals surface area (Å²) in [6.07, 6.45) is 3.25. The summed E-state index contributed by atoms with van der Waals surface area (Å²) in [6, 6.07) is 10.0. The highest BCUT2D eigenvalue weighted by molar-refractivity contribution is 7.84. The van der Waals surface area contributed by atoms with Crippen LogP contribution in [-0.4, -0.2) is 47.2 Å². The average Bonchev–Trinajstić information content (AvgIpc) is 2.92. The molecule has 0 aliphatic heterocycles. The van der Waals surface area contributed by atoms with Gasteiger partial charge < -0.3 is 15.5 Å². The number of benzene rings is 2. The van der Waals surface area contributed by atoms with Gasteiger partial charge in [0.1, 0.15) is 17.5 Å². The van der Waals surface area contributed by atoms with E-state index in [2.05, 4.69) is 51.3 Å². The topological polar surface area (TPSA) is 91.1 Å². The number of nitrogens with one attached hydrogen (secondary N) is 2. The molecule has 8 nitrogen and oxygen atoms in total. The molecule has 3 rings (SSSR count). The minimum Gasteiger partial charge on any atom is -0.386 e. The molecule has 2 aromatic carbocycles. The zero-order chi connectivity index (χ0) is 29.6. The Balaban J connectivity index is 1.98. The molecule has 0 spiro atoms. The van der Waals surface area contributed by atoms with Gasteiger partial charge in [0, 0.05) is 56.3 Å². The molecule has 214 valence electrons. The summed E-state index contributed by atoms with van der Waals surface area (Å²) in [5.74, 6) is 0.965. The van der Waals surface area contributed by atoms with Crippen molar-refractivity contribution in [3.63, 3.8) is 0 Å². The fourth-order valence-corrected chi connectivity index (χ4v) is 5.31. The molecular weight excluding hydrogens is 527 g/mol. The van der Waals surface area contributed by atoms with Crippen LogP contribution in [0.1, 0.15) is 44.9 Å². The molecular formula is C30H39FN6O2S. The Hall–Kier alpha value is -3.79. The molecule has 40 heavy (non-hydrogen) atoms. The molecule has 1 heterocycles. The van der Waals surface area contributed by atoms with Gasteiger partial charge in [-0.3, -0.25) is 13.6 Å². The Labute approximate surface area is 238 Å². The third-order valence-corrected chi connectivity index (χ3v) is 7.72. The van der Waals surface area contributed by atoms with Crippen LogP contribution >= 0.6 is 0 Å². The predicted molar refractivity (Wildman–Crippen MR) is 167 cm³/mol. The van der Waals surface area contributed by atoms with Crippen molar-refractivity contribution >= 4 is 45.6 Å². The second kappa shape index (κ2) is 13.5. The summed E-state index contributed by atoms with van der Waals surface area (Å²) in [7, 11) is 0.423. The lowest BCUT2D eigenvalue weighted by molar-refractivity contribution is 0.622. The van der Waals surface area contributed by atoms with Crippen LogP contribution in [0, 0.1) is 12.7 Å². The Morgan fingerprint density at radius 2 is 1.95 bits per heavy atom. The number of pyridine rings is 1. The van der Waals surface area contributed by atoms with Gasteiger partial charge in [-0.15, -0.1) is 0 Å². The Bertz CT molecular complexity index is 1550. The summed E-state index contributed by atoms with van der Waals surface area (Å²) in [5, 5.41) is 8.23. The van der Waals surface area contributed by atoms with Gasteiger partial charge in [-0.25, -0.2) is 14.4 Å². The number of aromatic nitrogens is 1. The van der Waals surface area contributed by atoms with Crippen molar-refractivity contribution in [1.82, 2.24) is 9.88 Å². The zero-order valence-corrected chi connectivity index (χ0v) is 25.2. The molecule has 3 aromatic rings. The molecule has 0 radical (unpaired) electrons. The molecule has 0 aliphatic carbocycles. The second-order valence-electron chi connectivity index (χ2n) is 9.80. The molecule has 1 unspecified atom stereocenters. The van der Waals surface area contributed by atoms with Crippen LogP contribution < -0.4 is 21.1 Å². The van der Waals surface area contributed by atoms with E-state index in [1.54, 1.807) is 30.8 Å². The first kappa shape index (κ1) is 30.7. The van der Waals surface area contributed by atoms with Crippen molar-refractivity contribution in [1.29, 1.82) is 0 Å². The van der Waals surface area contributed by atoms with E-state index in [1.807, 2.05) is 26.8 Å². The van der Waals surface area contributed by atoms with E-state index in [-0.39, 0.29) is 11.6 Å². The van der Waals surface area contributed by atoms with Crippen molar-refractivity contribution in [2.75, 3.05) is 36.1 Å². The van der Waals surface area contributed by atoms with Gasteiger partial charge >= 0.3 is 0 Å². The highest BCUT2D eigenvalue weighted by Crippen LogP contribution is 2.31. The SMILES string of the molecule is C=NC(C)=N/C=C(\C)NCCN(CC)c1cc2c([C@@H](C)Nc3ccc(F)cc3S(C)=O)cc(C)cc2c(=O)n1C. The van der Waals surface area contributed by atoms with Crippen molar-refractivity contribution in [2.24, 2.45) is 17.0 Å². The van der Waals surface area contributed by atoms with Gasteiger partial charge in [-0.2, -0.15) is 0 Å². The Morgan fingerprint density at radius 1 is 1.23 bits per heavy atom. The Morgan fingerprint density at radius 3 is 2.60 bits per heavy atom. The van der Waals surface area contributed by atoms with Crippen molar-refractivity contribution in [3.8, 4) is 0 Å². The first-order valence-electron chi connectivity index (χ1n) is 13.2. The third-order valence-electron chi connectivity index (χ3n) is 6.77. The van der Waals surface area contributed by atoms with Gasteiger partial charge in [-0.1, -0.05) is 6.07 Å². The molecule has 0 bridgehead atoms. The molecule has 10 heteroatoms. The van der Waals surface area contributed by atoms with E-state index in [0.29, 0.717) is 41.4 Å². The van der Waals surface area contributed by atoms with Gasteiger partial charge in [0.15, 0.2) is 0 Å². The number of halogens is 1. The number of aliphatic imine (C=N–C) groups is 2. The predicted octanol–water partition coefficient (Wildman–Crippen LogP) is 5.29.